The third-order valence-electron chi connectivity index (χ3n) is 1.97. The van der Waals surface area contributed by atoms with Gasteiger partial charge in [0.25, 0.3) is 5.67 Å². The summed E-state index contributed by atoms with van der Waals surface area (Å²) < 4.78 is 22.6. The van der Waals surface area contributed by atoms with Crippen molar-refractivity contribution in [2.24, 2.45) is 5.92 Å². The van der Waals surface area contributed by atoms with Crippen LogP contribution < -0.4 is 0 Å². The van der Waals surface area contributed by atoms with Crippen LogP contribution in [-0.2, 0) is 19.1 Å². The number of carbonyl (C=O) groups is 2. The number of alkyl halides is 1. The van der Waals surface area contributed by atoms with Crippen molar-refractivity contribution in [2.75, 3.05) is 13.7 Å². The molecule has 0 N–H and O–H groups in total. The van der Waals surface area contributed by atoms with Crippen molar-refractivity contribution in [2.45, 2.75) is 25.9 Å². The van der Waals surface area contributed by atoms with Gasteiger partial charge in [0.1, 0.15) is 6.07 Å². The highest BCUT2D eigenvalue weighted by molar-refractivity contribution is 5.84. The predicted octanol–water partition coefficient (Wildman–Crippen LogP) is 0.981. The van der Waals surface area contributed by atoms with E-state index in [0.29, 0.717) is 0 Å². The zero-order valence-electron chi connectivity index (χ0n) is 9.45. The molecule has 6 heteroatoms. The molecular weight excluding hydrogens is 217 g/mol. The summed E-state index contributed by atoms with van der Waals surface area (Å²) in [6.45, 7) is 2.84. The minimum atomic E-state index is -2.80. The van der Waals surface area contributed by atoms with Gasteiger partial charge in [-0.2, -0.15) is 5.26 Å². The van der Waals surface area contributed by atoms with Crippen LogP contribution in [0.25, 0.3) is 0 Å². The fraction of sp³-hybridized carbons (Fsp3) is 0.700. The van der Waals surface area contributed by atoms with Gasteiger partial charge in [0.15, 0.2) is 0 Å². The molecule has 5 nitrogen and oxygen atoms in total. The first-order chi connectivity index (χ1) is 7.41. The first kappa shape index (κ1) is 14.4. The van der Waals surface area contributed by atoms with E-state index in [-0.39, 0.29) is 6.61 Å². The van der Waals surface area contributed by atoms with Gasteiger partial charge >= 0.3 is 11.9 Å². The quantitative estimate of drug-likeness (QED) is 0.659. The van der Waals surface area contributed by atoms with E-state index in [1.54, 1.807) is 0 Å². The smallest absolute Gasteiger partial charge is 0.358 e. The third-order valence-corrected chi connectivity index (χ3v) is 1.97. The molecule has 0 spiro atoms. The summed E-state index contributed by atoms with van der Waals surface area (Å²) in [5, 5.41) is 8.61. The van der Waals surface area contributed by atoms with Gasteiger partial charge in [0, 0.05) is 6.42 Å². The largest absolute Gasteiger partial charge is 0.469 e. The number of hydrogen-bond acceptors (Lipinski definition) is 5. The Morgan fingerprint density at radius 1 is 1.56 bits per heavy atom. The second kappa shape index (κ2) is 6.05. The van der Waals surface area contributed by atoms with E-state index in [1.165, 1.54) is 19.9 Å². The maximum atomic E-state index is 13.8. The van der Waals surface area contributed by atoms with E-state index in [0.717, 1.165) is 7.11 Å². The molecule has 0 rings (SSSR count). The van der Waals surface area contributed by atoms with Gasteiger partial charge in [0.05, 0.1) is 19.6 Å². The summed E-state index contributed by atoms with van der Waals surface area (Å²) in [4.78, 5) is 22.2. The predicted molar refractivity (Wildman–Crippen MR) is 51.9 cm³/mol. The second-order valence-corrected chi connectivity index (χ2v) is 3.26. The van der Waals surface area contributed by atoms with E-state index >= 15 is 0 Å². The van der Waals surface area contributed by atoms with E-state index in [1.807, 2.05) is 0 Å². The van der Waals surface area contributed by atoms with Crippen LogP contribution in [0.3, 0.4) is 0 Å². The molecule has 0 aliphatic heterocycles. The second-order valence-electron chi connectivity index (χ2n) is 3.26. The number of nitriles is 1. The molecule has 0 saturated heterocycles. The topological polar surface area (TPSA) is 76.4 Å². The lowest BCUT2D eigenvalue weighted by Gasteiger charge is -2.18. The number of methoxy groups -OCH3 is 1. The minimum absolute atomic E-state index is 0.0290. The Bertz CT molecular complexity index is 312. The van der Waals surface area contributed by atoms with Gasteiger partial charge in [-0.3, -0.25) is 4.79 Å². The van der Waals surface area contributed by atoms with Gasteiger partial charge in [0.2, 0.25) is 0 Å². The van der Waals surface area contributed by atoms with Crippen LogP contribution in [0.4, 0.5) is 4.39 Å². The van der Waals surface area contributed by atoms with Crippen molar-refractivity contribution in [3.8, 4) is 6.07 Å². The highest BCUT2D eigenvalue weighted by atomic mass is 19.1. The van der Waals surface area contributed by atoms with E-state index in [4.69, 9.17) is 5.26 Å². The summed E-state index contributed by atoms with van der Waals surface area (Å²) in [7, 11) is 1.15. The zero-order chi connectivity index (χ0) is 12.8. The summed E-state index contributed by atoms with van der Waals surface area (Å²) in [5.74, 6) is -2.84. The Kier molecular flexibility index (Phi) is 5.43. The Morgan fingerprint density at radius 2 is 2.12 bits per heavy atom. The minimum Gasteiger partial charge on any atom is -0.469 e. The molecule has 0 aromatic heterocycles. The van der Waals surface area contributed by atoms with Gasteiger partial charge in [-0.15, -0.1) is 0 Å². The monoisotopic (exact) mass is 231 g/mol. The molecule has 0 bridgehead atoms. The number of nitrogens with zero attached hydrogens (tertiary/aromatic N) is 1. The molecule has 2 atom stereocenters. The third kappa shape index (κ3) is 3.50. The molecule has 0 amide bonds. The number of esters is 2. The van der Waals surface area contributed by atoms with Crippen LogP contribution >= 0.6 is 0 Å². The zero-order valence-corrected chi connectivity index (χ0v) is 9.45. The van der Waals surface area contributed by atoms with Crippen molar-refractivity contribution in [1.29, 1.82) is 5.26 Å². The Hall–Kier alpha value is -1.64. The van der Waals surface area contributed by atoms with Crippen molar-refractivity contribution in [1.82, 2.24) is 0 Å². The van der Waals surface area contributed by atoms with Crippen LogP contribution in [0, 0.1) is 17.2 Å². The molecule has 0 fully saturated rings. The van der Waals surface area contributed by atoms with Crippen LogP contribution in [0.5, 0.6) is 0 Å². The van der Waals surface area contributed by atoms with Crippen LogP contribution in [0.15, 0.2) is 0 Å². The number of rotatable bonds is 5. The molecule has 0 aliphatic rings. The van der Waals surface area contributed by atoms with E-state index < -0.39 is 29.9 Å². The molecule has 2 unspecified atom stereocenters. The Morgan fingerprint density at radius 3 is 2.50 bits per heavy atom. The van der Waals surface area contributed by atoms with Crippen molar-refractivity contribution in [3.05, 3.63) is 0 Å². The van der Waals surface area contributed by atoms with E-state index in [2.05, 4.69) is 9.47 Å². The average Bonchev–Trinajstić information content (AvgIpc) is 2.27. The Balaban J connectivity index is 4.68. The first-order valence-electron chi connectivity index (χ1n) is 4.76. The van der Waals surface area contributed by atoms with Crippen molar-refractivity contribution in [3.63, 3.8) is 0 Å². The van der Waals surface area contributed by atoms with Crippen LogP contribution in [0.1, 0.15) is 20.3 Å². The maximum Gasteiger partial charge on any atom is 0.358 e. The first-order valence-corrected chi connectivity index (χ1v) is 4.76. The molecule has 0 aromatic carbocycles. The van der Waals surface area contributed by atoms with Crippen molar-refractivity contribution < 1.29 is 23.5 Å². The molecule has 0 aliphatic carbocycles. The molecule has 90 valence electrons. The molecular formula is C10H14FNO4. The highest BCUT2D eigenvalue weighted by Crippen LogP contribution is 2.23. The highest BCUT2D eigenvalue weighted by Gasteiger charge is 2.43. The summed E-state index contributed by atoms with van der Waals surface area (Å²) >= 11 is 0. The molecule has 0 heterocycles. The van der Waals surface area contributed by atoms with Crippen LogP contribution in [0.2, 0.25) is 0 Å². The fourth-order valence-electron chi connectivity index (χ4n) is 1.13. The fourth-order valence-corrected chi connectivity index (χ4v) is 1.13. The maximum absolute atomic E-state index is 13.8. The standard InChI is InChI=1S/C10H14FNO4/c1-4-16-9(14)10(11,6-12)5-7(2)8(13)15-3/h7H,4-5H2,1-3H3. The summed E-state index contributed by atoms with van der Waals surface area (Å²) in [6, 6.07) is 1.22. The van der Waals surface area contributed by atoms with Crippen LogP contribution in [-0.4, -0.2) is 31.3 Å². The summed E-state index contributed by atoms with van der Waals surface area (Å²) in [5.41, 5.74) is -2.80. The van der Waals surface area contributed by atoms with Gasteiger partial charge in [-0.25, -0.2) is 9.18 Å². The average molecular weight is 231 g/mol. The summed E-state index contributed by atoms with van der Waals surface area (Å²) in [6.07, 6.45) is -0.574. The SMILES string of the molecule is CCOC(=O)C(F)(C#N)CC(C)C(=O)OC. The lowest BCUT2D eigenvalue weighted by Crippen LogP contribution is -2.37. The number of ether oxygens (including phenoxy) is 2. The van der Waals surface area contributed by atoms with Gasteiger partial charge in [-0.05, 0) is 6.92 Å². The van der Waals surface area contributed by atoms with Crippen molar-refractivity contribution >= 4 is 11.9 Å². The number of carbonyl (C=O) groups excluding carboxylic acids is 2. The molecule has 0 saturated carbocycles. The van der Waals surface area contributed by atoms with E-state index in [9.17, 15) is 14.0 Å². The lowest BCUT2D eigenvalue weighted by atomic mass is 9.94. The Labute approximate surface area is 93.1 Å². The molecule has 16 heavy (non-hydrogen) atoms. The number of hydrogen-bond donors (Lipinski definition) is 0. The lowest BCUT2D eigenvalue weighted by molar-refractivity contribution is -0.156. The van der Waals surface area contributed by atoms with Gasteiger partial charge in [-0.1, -0.05) is 6.92 Å². The normalized spacial score (nSPS) is 15.4. The molecule has 0 aromatic rings. The molecule has 0 radical (unpaired) electrons. The van der Waals surface area contributed by atoms with Gasteiger partial charge < -0.3 is 9.47 Å². The number of halogens is 1.